The Labute approximate surface area is 147 Å². The first-order chi connectivity index (χ1) is 11.8. The number of ether oxygens (including phenoxy) is 2. The van der Waals surface area contributed by atoms with Gasteiger partial charge in [0.2, 0.25) is 0 Å². The van der Waals surface area contributed by atoms with Gasteiger partial charge in [-0.3, -0.25) is 4.72 Å². The van der Waals surface area contributed by atoms with E-state index in [0.29, 0.717) is 16.8 Å². The van der Waals surface area contributed by atoms with Gasteiger partial charge in [-0.1, -0.05) is 11.6 Å². The number of nitrogens with one attached hydrogen (secondary N) is 3. The Kier molecular flexibility index (Phi) is 4.36. The largest absolute Gasteiger partial charge is 0.493 e. The molecule has 0 aliphatic rings. The molecule has 1 aromatic heterocycles. The molecule has 0 saturated heterocycles. The van der Waals surface area contributed by atoms with Crippen molar-refractivity contribution in [3.8, 4) is 11.5 Å². The van der Waals surface area contributed by atoms with Crippen molar-refractivity contribution in [2.24, 2.45) is 0 Å². The van der Waals surface area contributed by atoms with Crippen molar-refractivity contribution in [2.75, 3.05) is 18.9 Å². The molecular weight excluding hydrogens is 370 g/mol. The molecule has 0 fully saturated rings. The molecule has 3 rings (SSSR count). The van der Waals surface area contributed by atoms with E-state index in [0.717, 1.165) is 0 Å². The predicted molar refractivity (Wildman–Crippen MR) is 94.3 cm³/mol. The second-order valence-corrected chi connectivity index (χ2v) is 7.17. The molecule has 1 heterocycles. The van der Waals surface area contributed by atoms with Crippen molar-refractivity contribution in [1.29, 1.82) is 0 Å². The average molecular weight is 384 g/mol. The van der Waals surface area contributed by atoms with Crippen LogP contribution >= 0.6 is 11.6 Å². The molecule has 0 atom stereocenters. The molecule has 0 saturated carbocycles. The number of methoxy groups -OCH3 is 2. The Morgan fingerprint density at radius 3 is 2.28 bits per heavy atom. The van der Waals surface area contributed by atoms with E-state index in [4.69, 9.17) is 21.1 Å². The molecule has 132 valence electrons. The smallest absolute Gasteiger partial charge is 0.323 e. The summed E-state index contributed by atoms with van der Waals surface area (Å²) in [5, 5.41) is 0.145. The first-order valence-electron chi connectivity index (χ1n) is 7.00. The molecule has 2 aromatic carbocycles. The predicted octanol–water partition coefficient (Wildman–Crippen LogP) is 2.33. The summed E-state index contributed by atoms with van der Waals surface area (Å²) in [4.78, 5) is 16.4. The van der Waals surface area contributed by atoms with Crippen LogP contribution in [-0.2, 0) is 10.0 Å². The van der Waals surface area contributed by atoms with Crippen molar-refractivity contribution < 1.29 is 17.9 Å². The number of fused-ring (bicyclic) bond motifs is 1. The standard InChI is InChI=1S/C15H14ClN3O5S/c1-23-13-4-3-8(5-14(13)24-2)25(21,22)19-10-7-12-11(6-9(10)16)17-15(20)18-12/h3-7,19H,1-2H3,(H2,17,18,20). The van der Waals surface area contributed by atoms with Crippen molar-refractivity contribution >= 4 is 38.3 Å². The molecule has 0 radical (unpaired) electrons. The van der Waals surface area contributed by atoms with E-state index in [9.17, 15) is 13.2 Å². The van der Waals surface area contributed by atoms with Crippen molar-refractivity contribution in [2.45, 2.75) is 4.90 Å². The van der Waals surface area contributed by atoms with Gasteiger partial charge >= 0.3 is 5.69 Å². The maximum absolute atomic E-state index is 12.6. The normalized spacial score (nSPS) is 11.5. The van der Waals surface area contributed by atoms with Crippen LogP contribution in [0, 0.1) is 0 Å². The van der Waals surface area contributed by atoms with Crippen LogP contribution in [0.2, 0.25) is 5.02 Å². The zero-order valence-electron chi connectivity index (χ0n) is 13.2. The molecule has 3 aromatic rings. The second kappa shape index (κ2) is 6.34. The van der Waals surface area contributed by atoms with Crippen molar-refractivity contribution in [1.82, 2.24) is 9.97 Å². The summed E-state index contributed by atoms with van der Waals surface area (Å²) in [5.41, 5.74) is 0.633. The fourth-order valence-corrected chi connectivity index (χ4v) is 3.67. The lowest BCUT2D eigenvalue weighted by Gasteiger charge is -2.12. The fourth-order valence-electron chi connectivity index (χ4n) is 2.32. The summed E-state index contributed by atoms with van der Waals surface area (Å²) in [6, 6.07) is 7.11. The Hall–Kier alpha value is -2.65. The maximum atomic E-state index is 12.6. The minimum atomic E-state index is -3.93. The maximum Gasteiger partial charge on any atom is 0.323 e. The van der Waals surface area contributed by atoms with E-state index in [1.807, 2.05) is 0 Å². The minimum absolute atomic E-state index is 0.0242. The lowest BCUT2D eigenvalue weighted by atomic mass is 10.3. The number of benzene rings is 2. The van der Waals surface area contributed by atoms with Gasteiger partial charge in [0, 0.05) is 6.07 Å². The fraction of sp³-hybridized carbons (Fsp3) is 0.133. The highest BCUT2D eigenvalue weighted by molar-refractivity contribution is 7.92. The Bertz CT molecular complexity index is 1100. The summed E-state index contributed by atoms with van der Waals surface area (Å²) < 4.78 is 37.8. The Morgan fingerprint density at radius 2 is 1.64 bits per heavy atom. The SMILES string of the molecule is COc1ccc(S(=O)(=O)Nc2cc3[nH]c(=O)[nH]c3cc2Cl)cc1OC. The van der Waals surface area contributed by atoms with Crippen LogP contribution in [0.3, 0.4) is 0 Å². The van der Waals surface area contributed by atoms with E-state index < -0.39 is 15.7 Å². The molecule has 8 nitrogen and oxygen atoms in total. The van der Waals surface area contributed by atoms with Crippen LogP contribution in [0.25, 0.3) is 11.0 Å². The third-order valence-corrected chi connectivity index (χ3v) is 5.19. The van der Waals surface area contributed by atoms with E-state index in [2.05, 4.69) is 14.7 Å². The third-order valence-electron chi connectivity index (χ3n) is 3.51. The van der Waals surface area contributed by atoms with Crippen LogP contribution < -0.4 is 19.9 Å². The third kappa shape index (κ3) is 3.28. The highest BCUT2D eigenvalue weighted by atomic mass is 35.5. The van der Waals surface area contributed by atoms with Gasteiger partial charge in [-0.2, -0.15) is 0 Å². The Morgan fingerprint density at radius 1 is 1.00 bits per heavy atom. The van der Waals surface area contributed by atoms with Gasteiger partial charge in [-0.25, -0.2) is 13.2 Å². The number of rotatable bonds is 5. The number of aromatic amines is 2. The first kappa shape index (κ1) is 17.2. The van der Waals surface area contributed by atoms with Crippen LogP contribution in [0.4, 0.5) is 5.69 Å². The lowest BCUT2D eigenvalue weighted by molar-refractivity contribution is 0.354. The highest BCUT2D eigenvalue weighted by Crippen LogP contribution is 2.32. The summed E-state index contributed by atoms with van der Waals surface area (Å²) in [6.07, 6.45) is 0. The van der Waals surface area contributed by atoms with Gasteiger partial charge < -0.3 is 19.4 Å². The number of anilines is 1. The molecule has 25 heavy (non-hydrogen) atoms. The zero-order valence-corrected chi connectivity index (χ0v) is 14.8. The van der Waals surface area contributed by atoms with Crippen molar-refractivity contribution in [3.05, 3.63) is 45.8 Å². The topological polar surface area (TPSA) is 113 Å². The van der Waals surface area contributed by atoms with Crippen LogP contribution in [0.5, 0.6) is 11.5 Å². The zero-order chi connectivity index (χ0) is 18.2. The molecule has 3 N–H and O–H groups in total. The van der Waals surface area contributed by atoms with E-state index in [1.54, 1.807) is 0 Å². The van der Waals surface area contributed by atoms with Gasteiger partial charge in [-0.15, -0.1) is 0 Å². The molecule has 0 spiro atoms. The van der Waals surface area contributed by atoms with Crippen LogP contribution in [-0.4, -0.2) is 32.6 Å². The Balaban J connectivity index is 2.01. The van der Waals surface area contributed by atoms with Crippen LogP contribution in [0.15, 0.2) is 40.0 Å². The lowest BCUT2D eigenvalue weighted by Crippen LogP contribution is -2.13. The number of halogens is 1. The number of aromatic nitrogens is 2. The molecule has 0 unspecified atom stereocenters. The number of hydrogen-bond donors (Lipinski definition) is 3. The summed E-state index contributed by atoms with van der Waals surface area (Å²) in [5.74, 6) is 0.688. The number of imidazole rings is 1. The molecule has 0 amide bonds. The molecular formula is C15H14ClN3O5S. The minimum Gasteiger partial charge on any atom is -0.493 e. The van der Waals surface area contributed by atoms with Gasteiger partial charge in [0.05, 0.1) is 40.9 Å². The van der Waals surface area contributed by atoms with Gasteiger partial charge in [0.1, 0.15) is 0 Å². The van der Waals surface area contributed by atoms with Gasteiger partial charge in [0.25, 0.3) is 10.0 Å². The van der Waals surface area contributed by atoms with Gasteiger partial charge in [-0.05, 0) is 24.3 Å². The number of hydrogen-bond acceptors (Lipinski definition) is 5. The molecule has 10 heteroatoms. The molecule has 0 bridgehead atoms. The summed E-state index contributed by atoms with van der Waals surface area (Å²) in [7, 11) is -1.06. The average Bonchev–Trinajstić information content (AvgIpc) is 2.93. The van der Waals surface area contributed by atoms with Crippen molar-refractivity contribution in [3.63, 3.8) is 0 Å². The van der Waals surface area contributed by atoms with E-state index in [-0.39, 0.29) is 21.4 Å². The first-order valence-corrected chi connectivity index (χ1v) is 8.86. The number of sulfonamides is 1. The van der Waals surface area contributed by atoms with Gasteiger partial charge in [0.15, 0.2) is 11.5 Å². The number of H-pyrrole nitrogens is 2. The molecule has 0 aliphatic heterocycles. The summed E-state index contributed by atoms with van der Waals surface area (Å²) >= 11 is 6.10. The quantitative estimate of drug-likeness (QED) is 0.625. The second-order valence-electron chi connectivity index (χ2n) is 5.08. The highest BCUT2D eigenvalue weighted by Gasteiger charge is 2.19. The van der Waals surface area contributed by atoms with E-state index >= 15 is 0 Å². The van der Waals surface area contributed by atoms with Crippen LogP contribution in [0.1, 0.15) is 0 Å². The van der Waals surface area contributed by atoms with E-state index in [1.165, 1.54) is 44.6 Å². The monoisotopic (exact) mass is 383 g/mol. The molecule has 0 aliphatic carbocycles. The summed E-state index contributed by atoms with van der Waals surface area (Å²) in [6.45, 7) is 0.